The van der Waals surface area contributed by atoms with Crippen molar-refractivity contribution in [1.29, 1.82) is 0 Å². The molecule has 0 aliphatic rings. The average Bonchev–Trinajstić information content (AvgIpc) is 0.918. The topological polar surface area (TPSA) is 20.2 Å². The Morgan fingerprint density at radius 1 is 1.29 bits per heavy atom. The van der Waals surface area contributed by atoms with Crippen molar-refractivity contribution >= 4 is 0 Å². The van der Waals surface area contributed by atoms with Crippen LogP contribution in [0.5, 0.6) is 0 Å². The predicted octanol–water partition coefficient (Wildman–Crippen LogP) is -12.0. The Morgan fingerprint density at radius 2 is 1.29 bits per heavy atom. The van der Waals surface area contributed by atoms with Crippen molar-refractivity contribution in [3.8, 4) is 0 Å². The Bertz CT molecular complexity index is 15.7. The maximum Gasteiger partial charge on any atom is 1.00 e. The van der Waals surface area contributed by atoms with E-state index in [1.807, 2.05) is 0 Å². The standard InChI is InChI=1S/C2H6O.2ClH.Li.Na/c1-2-3;;;;/h3H,2H2,1H3;2*1H;;/q;;;2*+1/p-2. The fourth-order valence-corrected chi connectivity index (χ4v) is 0. The zero-order valence-corrected chi connectivity index (χ0v) is 8.42. The van der Waals surface area contributed by atoms with Crippen LogP contribution in [0.1, 0.15) is 6.92 Å². The van der Waals surface area contributed by atoms with E-state index in [4.69, 9.17) is 5.11 Å². The largest absolute Gasteiger partial charge is 1.00 e. The first-order valence-electron chi connectivity index (χ1n) is 1.02. The summed E-state index contributed by atoms with van der Waals surface area (Å²) in [4.78, 5) is 0. The molecule has 1 N–H and O–H groups in total. The molecule has 0 aliphatic heterocycles. The molecule has 0 amide bonds. The van der Waals surface area contributed by atoms with Crippen LogP contribution in [0.2, 0.25) is 0 Å². The van der Waals surface area contributed by atoms with Crippen LogP contribution in [0, 0.1) is 0 Å². The maximum atomic E-state index is 7.57. The van der Waals surface area contributed by atoms with Gasteiger partial charge < -0.3 is 29.9 Å². The molecule has 0 aromatic rings. The van der Waals surface area contributed by atoms with Crippen molar-refractivity contribution in [3.63, 3.8) is 0 Å². The zero-order valence-electron chi connectivity index (χ0n) is 4.91. The molecular weight excluding hydrogens is 141 g/mol. The summed E-state index contributed by atoms with van der Waals surface area (Å²) in [5.41, 5.74) is 0. The van der Waals surface area contributed by atoms with E-state index in [1.165, 1.54) is 0 Å². The van der Waals surface area contributed by atoms with E-state index < -0.39 is 0 Å². The van der Waals surface area contributed by atoms with Gasteiger partial charge in [0.15, 0.2) is 0 Å². The second-order valence-corrected chi connectivity index (χ2v) is 0.316. The minimum Gasteiger partial charge on any atom is -1.00 e. The van der Waals surface area contributed by atoms with Gasteiger partial charge in [0.1, 0.15) is 0 Å². The van der Waals surface area contributed by atoms with Gasteiger partial charge in [-0.3, -0.25) is 0 Å². The summed E-state index contributed by atoms with van der Waals surface area (Å²) in [7, 11) is 0. The smallest absolute Gasteiger partial charge is 1.00 e. The molecule has 0 unspecified atom stereocenters. The molecular formula is C2H6Cl2LiNaO. The van der Waals surface area contributed by atoms with Crippen LogP contribution >= 0.6 is 0 Å². The predicted molar refractivity (Wildman–Crippen MR) is 12.8 cm³/mol. The Kier molecular flexibility index (Phi) is 213. The summed E-state index contributed by atoms with van der Waals surface area (Å²) >= 11 is 0. The Labute approximate surface area is 90.9 Å². The van der Waals surface area contributed by atoms with E-state index in [2.05, 4.69) is 0 Å². The molecule has 7 heavy (non-hydrogen) atoms. The first-order chi connectivity index (χ1) is 1.41. The van der Waals surface area contributed by atoms with Crippen LogP contribution < -0.4 is 73.2 Å². The van der Waals surface area contributed by atoms with Gasteiger partial charge in [0.05, 0.1) is 0 Å². The minimum absolute atomic E-state index is 0. The van der Waals surface area contributed by atoms with Gasteiger partial charge in [0.25, 0.3) is 0 Å². The van der Waals surface area contributed by atoms with Gasteiger partial charge >= 0.3 is 48.4 Å². The Hall–Kier alpha value is 2.14. The van der Waals surface area contributed by atoms with E-state index in [9.17, 15) is 0 Å². The summed E-state index contributed by atoms with van der Waals surface area (Å²) < 4.78 is 0. The molecule has 0 fully saturated rings. The summed E-state index contributed by atoms with van der Waals surface area (Å²) in [6, 6.07) is 0. The molecule has 0 aromatic heterocycles. The molecule has 0 aliphatic carbocycles. The van der Waals surface area contributed by atoms with Crippen LogP contribution in [0.4, 0.5) is 0 Å². The second kappa shape index (κ2) is 42.1. The number of aliphatic hydroxyl groups is 1. The summed E-state index contributed by atoms with van der Waals surface area (Å²) in [6.07, 6.45) is 0. The first-order valence-corrected chi connectivity index (χ1v) is 1.02. The van der Waals surface area contributed by atoms with Gasteiger partial charge in [0, 0.05) is 6.61 Å². The van der Waals surface area contributed by atoms with Crippen molar-refractivity contribution < 1.29 is 78.3 Å². The van der Waals surface area contributed by atoms with Crippen molar-refractivity contribution in [2.75, 3.05) is 6.61 Å². The van der Waals surface area contributed by atoms with Gasteiger partial charge in [-0.25, -0.2) is 0 Å². The fraction of sp³-hybridized carbons (Fsp3) is 1.00. The Balaban J connectivity index is -0.00000000333. The molecule has 36 valence electrons. The average molecular weight is 147 g/mol. The van der Waals surface area contributed by atoms with Crippen molar-refractivity contribution in [2.45, 2.75) is 6.92 Å². The fourth-order valence-electron chi connectivity index (χ4n) is 0. The van der Waals surface area contributed by atoms with E-state index in [0.29, 0.717) is 0 Å². The summed E-state index contributed by atoms with van der Waals surface area (Å²) in [6.45, 7) is 1.93. The third-order valence-electron chi connectivity index (χ3n) is 0. The van der Waals surface area contributed by atoms with Gasteiger partial charge in [-0.15, -0.1) is 0 Å². The van der Waals surface area contributed by atoms with Crippen LogP contribution in [0.15, 0.2) is 0 Å². The van der Waals surface area contributed by atoms with E-state index in [1.54, 1.807) is 6.92 Å². The van der Waals surface area contributed by atoms with E-state index in [0.717, 1.165) is 0 Å². The molecule has 0 spiro atoms. The van der Waals surface area contributed by atoms with Gasteiger partial charge in [0.2, 0.25) is 0 Å². The van der Waals surface area contributed by atoms with Crippen LogP contribution in [-0.4, -0.2) is 11.7 Å². The normalized spacial score (nSPS) is 2.57. The molecule has 0 saturated carbocycles. The molecule has 5 heteroatoms. The number of hydrogen-bond acceptors (Lipinski definition) is 1. The van der Waals surface area contributed by atoms with Gasteiger partial charge in [-0.1, -0.05) is 0 Å². The Morgan fingerprint density at radius 3 is 1.29 bits per heavy atom. The molecule has 0 atom stereocenters. The first kappa shape index (κ1) is 35.3. The summed E-state index contributed by atoms with van der Waals surface area (Å²) in [5, 5.41) is 7.57. The molecule has 0 rings (SSSR count). The molecule has 0 bridgehead atoms. The zero-order chi connectivity index (χ0) is 2.71. The quantitative estimate of drug-likeness (QED) is 0.337. The van der Waals surface area contributed by atoms with E-state index in [-0.39, 0.29) is 79.8 Å². The number of aliphatic hydroxyl groups excluding tert-OH is 1. The summed E-state index contributed by atoms with van der Waals surface area (Å²) in [5.74, 6) is 0. The van der Waals surface area contributed by atoms with Gasteiger partial charge in [-0.2, -0.15) is 0 Å². The van der Waals surface area contributed by atoms with Gasteiger partial charge in [-0.05, 0) is 6.92 Å². The maximum absolute atomic E-state index is 7.57. The number of rotatable bonds is 0. The molecule has 0 saturated heterocycles. The third kappa shape index (κ3) is 67.1. The molecule has 0 aromatic carbocycles. The minimum atomic E-state index is 0. The van der Waals surface area contributed by atoms with Crippen LogP contribution in [-0.2, 0) is 0 Å². The van der Waals surface area contributed by atoms with E-state index >= 15 is 0 Å². The third-order valence-corrected chi connectivity index (χ3v) is 0. The molecule has 1 nitrogen and oxygen atoms in total. The monoisotopic (exact) mass is 146 g/mol. The van der Waals surface area contributed by atoms with Crippen LogP contribution in [0.25, 0.3) is 0 Å². The number of halogens is 2. The van der Waals surface area contributed by atoms with Crippen LogP contribution in [0.3, 0.4) is 0 Å². The van der Waals surface area contributed by atoms with Crippen molar-refractivity contribution in [2.24, 2.45) is 0 Å². The van der Waals surface area contributed by atoms with Crippen molar-refractivity contribution in [1.82, 2.24) is 0 Å². The second-order valence-electron chi connectivity index (χ2n) is 0.316. The van der Waals surface area contributed by atoms with Crippen molar-refractivity contribution in [3.05, 3.63) is 0 Å². The number of hydrogen-bond donors (Lipinski definition) is 1. The molecule has 0 radical (unpaired) electrons. The molecule has 0 heterocycles. The SMILES string of the molecule is CCO.[Cl-].[Cl-].[Li+].[Na+].